The van der Waals surface area contributed by atoms with Gasteiger partial charge in [0.05, 0.1) is 6.54 Å². The van der Waals surface area contributed by atoms with E-state index in [1.807, 2.05) is 0 Å². The van der Waals surface area contributed by atoms with Crippen LogP contribution in [-0.2, 0) is 12.1 Å². The fraction of sp³-hybridized carbons (Fsp3) is 0.263. The Labute approximate surface area is 159 Å². The van der Waals surface area contributed by atoms with Crippen molar-refractivity contribution < 1.29 is 18.6 Å². The number of nitrogens with zero attached hydrogens (tertiary/aromatic N) is 3. The zero-order valence-corrected chi connectivity index (χ0v) is 14.9. The topological polar surface area (TPSA) is 60.2 Å². The van der Waals surface area contributed by atoms with Gasteiger partial charge in [0, 0.05) is 16.7 Å². The molecule has 8 heteroatoms. The molecule has 1 aliphatic rings. The van der Waals surface area contributed by atoms with Crippen molar-refractivity contribution in [2.24, 2.45) is 0 Å². The summed E-state index contributed by atoms with van der Waals surface area (Å²) >= 11 is 5.91. The van der Waals surface area contributed by atoms with E-state index in [4.69, 9.17) is 16.3 Å². The third-order valence-corrected chi connectivity index (χ3v) is 5.07. The molecule has 0 bridgehead atoms. The second-order valence-electron chi connectivity index (χ2n) is 6.63. The predicted molar refractivity (Wildman–Crippen MR) is 94.3 cm³/mol. The molecule has 0 aliphatic heterocycles. The fourth-order valence-electron chi connectivity index (χ4n) is 3.29. The van der Waals surface area contributed by atoms with Crippen molar-refractivity contribution in [2.75, 3.05) is 0 Å². The number of halogens is 3. The lowest BCUT2D eigenvalue weighted by molar-refractivity contribution is -0.100. The van der Waals surface area contributed by atoms with Crippen molar-refractivity contribution in [2.45, 2.75) is 30.6 Å². The summed E-state index contributed by atoms with van der Waals surface area (Å²) in [6.45, 7) is -0.0941. The molecule has 0 spiro atoms. The van der Waals surface area contributed by atoms with Crippen LogP contribution in [0.1, 0.15) is 18.4 Å². The lowest BCUT2D eigenvalue weighted by Crippen LogP contribution is -2.49. The van der Waals surface area contributed by atoms with Gasteiger partial charge in [-0.3, -0.25) is 0 Å². The molecule has 1 saturated carbocycles. The highest BCUT2D eigenvalue weighted by Gasteiger charge is 2.63. The van der Waals surface area contributed by atoms with Crippen LogP contribution in [0.15, 0.2) is 55.1 Å². The molecule has 1 atom stereocenters. The van der Waals surface area contributed by atoms with Crippen LogP contribution in [0.4, 0.5) is 8.78 Å². The molecule has 3 aromatic rings. The molecule has 0 amide bonds. The maximum atomic E-state index is 14.6. The zero-order chi connectivity index (χ0) is 19.1. The van der Waals surface area contributed by atoms with Crippen molar-refractivity contribution in [3.8, 4) is 5.75 Å². The van der Waals surface area contributed by atoms with E-state index in [1.165, 1.54) is 23.4 Å². The smallest absolute Gasteiger partial charge is 0.151 e. The van der Waals surface area contributed by atoms with Gasteiger partial charge >= 0.3 is 0 Å². The second-order valence-corrected chi connectivity index (χ2v) is 7.06. The van der Waals surface area contributed by atoms with Gasteiger partial charge in [-0.2, -0.15) is 5.10 Å². The lowest BCUT2D eigenvalue weighted by Gasteiger charge is -2.37. The van der Waals surface area contributed by atoms with Crippen LogP contribution in [0.3, 0.4) is 0 Å². The van der Waals surface area contributed by atoms with Crippen LogP contribution in [0, 0.1) is 11.6 Å². The molecule has 1 aromatic heterocycles. The first-order chi connectivity index (χ1) is 12.9. The Bertz CT molecular complexity index is 946. The Morgan fingerprint density at radius 1 is 1.19 bits per heavy atom. The monoisotopic (exact) mass is 391 g/mol. The Morgan fingerprint density at radius 2 is 1.93 bits per heavy atom. The van der Waals surface area contributed by atoms with E-state index in [0.717, 1.165) is 12.1 Å². The van der Waals surface area contributed by atoms with Crippen LogP contribution in [-0.4, -0.2) is 25.5 Å². The summed E-state index contributed by atoms with van der Waals surface area (Å²) in [4.78, 5) is 3.86. The quantitative estimate of drug-likeness (QED) is 0.696. The molecular weight excluding hydrogens is 376 g/mol. The van der Waals surface area contributed by atoms with Crippen LogP contribution < -0.4 is 4.74 Å². The maximum Gasteiger partial charge on any atom is 0.151 e. The van der Waals surface area contributed by atoms with Gasteiger partial charge in [0.1, 0.15) is 35.6 Å². The highest BCUT2D eigenvalue weighted by Crippen LogP contribution is 2.54. The lowest BCUT2D eigenvalue weighted by atomic mass is 9.85. The molecule has 1 unspecified atom stereocenters. The van der Waals surface area contributed by atoms with Crippen molar-refractivity contribution in [1.29, 1.82) is 0 Å². The van der Waals surface area contributed by atoms with Crippen molar-refractivity contribution in [1.82, 2.24) is 14.8 Å². The van der Waals surface area contributed by atoms with E-state index in [-0.39, 0.29) is 12.1 Å². The van der Waals surface area contributed by atoms with E-state index < -0.39 is 22.8 Å². The third-order valence-electron chi connectivity index (χ3n) is 4.82. The molecule has 27 heavy (non-hydrogen) atoms. The molecule has 140 valence electrons. The van der Waals surface area contributed by atoms with E-state index in [9.17, 15) is 13.9 Å². The number of ether oxygens (including phenoxy) is 1. The van der Waals surface area contributed by atoms with Crippen molar-refractivity contribution in [3.63, 3.8) is 0 Å². The minimum Gasteiger partial charge on any atom is -0.484 e. The Hall–Kier alpha value is -2.51. The van der Waals surface area contributed by atoms with Crippen LogP contribution in [0.25, 0.3) is 0 Å². The number of aliphatic hydroxyl groups is 1. The molecule has 1 N–H and O–H groups in total. The summed E-state index contributed by atoms with van der Waals surface area (Å²) in [6, 6.07) is 9.80. The predicted octanol–water partition coefficient (Wildman–Crippen LogP) is 3.71. The maximum absolute atomic E-state index is 14.6. The zero-order valence-electron chi connectivity index (χ0n) is 14.1. The summed E-state index contributed by atoms with van der Waals surface area (Å²) in [5.74, 6) is -1.07. The van der Waals surface area contributed by atoms with Crippen molar-refractivity contribution in [3.05, 3.63) is 77.3 Å². The van der Waals surface area contributed by atoms with Crippen LogP contribution in [0.5, 0.6) is 5.75 Å². The molecule has 1 fully saturated rings. The number of rotatable bonds is 6. The standard InChI is InChI=1S/C19H16ClF2N3O2/c20-13-1-4-15(5-2-13)27-18(7-8-18)19(26,10-25-12-23-11-24-25)16-6-3-14(21)9-17(16)22/h1-6,9,11-12,26H,7-8,10H2. The number of hydrogen-bond acceptors (Lipinski definition) is 4. The van der Waals surface area contributed by atoms with Gasteiger partial charge in [0.2, 0.25) is 0 Å². The number of aromatic nitrogens is 3. The first-order valence-corrected chi connectivity index (χ1v) is 8.75. The molecule has 4 rings (SSSR count). The minimum absolute atomic E-state index is 0.0501. The normalized spacial score (nSPS) is 17.3. The van der Waals surface area contributed by atoms with Gasteiger partial charge < -0.3 is 9.84 Å². The molecule has 1 heterocycles. The first-order valence-electron chi connectivity index (χ1n) is 8.37. The van der Waals surface area contributed by atoms with Gasteiger partial charge in [0.15, 0.2) is 5.60 Å². The Balaban J connectivity index is 1.76. The van der Waals surface area contributed by atoms with E-state index >= 15 is 0 Å². The van der Waals surface area contributed by atoms with Crippen molar-refractivity contribution >= 4 is 11.6 Å². The summed E-state index contributed by atoms with van der Waals surface area (Å²) in [5, 5.41) is 16.2. The Morgan fingerprint density at radius 3 is 2.52 bits per heavy atom. The average Bonchev–Trinajstić information content (AvgIpc) is 3.25. The highest BCUT2D eigenvalue weighted by atomic mass is 35.5. The summed E-state index contributed by atoms with van der Waals surface area (Å²) in [7, 11) is 0. The van der Waals surface area contributed by atoms with E-state index in [0.29, 0.717) is 23.6 Å². The fourth-order valence-corrected chi connectivity index (χ4v) is 3.42. The summed E-state index contributed by atoms with van der Waals surface area (Å²) in [6.07, 6.45) is 3.74. The summed E-state index contributed by atoms with van der Waals surface area (Å²) in [5.41, 5.74) is -2.91. The molecule has 0 radical (unpaired) electrons. The molecule has 2 aromatic carbocycles. The second kappa shape index (κ2) is 6.58. The van der Waals surface area contributed by atoms with Crippen LogP contribution in [0.2, 0.25) is 5.02 Å². The van der Waals surface area contributed by atoms with Crippen LogP contribution >= 0.6 is 11.6 Å². The first kappa shape index (κ1) is 17.9. The van der Waals surface area contributed by atoms with Gasteiger partial charge in [-0.05, 0) is 43.2 Å². The molecular formula is C19H16ClF2N3O2. The SMILES string of the molecule is OC(Cn1cncn1)(c1ccc(F)cc1F)C1(Oc2ccc(Cl)cc2)CC1. The molecule has 5 nitrogen and oxygen atoms in total. The third kappa shape index (κ3) is 3.28. The minimum atomic E-state index is -1.78. The number of benzene rings is 2. The average molecular weight is 392 g/mol. The van der Waals surface area contributed by atoms with Gasteiger partial charge in [-0.1, -0.05) is 17.7 Å². The molecule has 1 aliphatic carbocycles. The van der Waals surface area contributed by atoms with Gasteiger partial charge in [0.25, 0.3) is 0 Å². The van der Waals surface area contributed by atoms with Gasteiger partial charge in [-0.25, -0.2) is 18.4 Å². The van der Waals surface area contributed by atoms with E-state index in [1.54, 1.807) is 24.3 Å². The molecule has 0 saturated heterocycles. The largest absolute Gasteiger partial charge is 0.484 e. The van der Waals surface area contributed by atoms with E-state index in [2.05, 4.69) is 10.1 Å². The Kier molecular flexibility index (Phi) is 4.36. The number of hydrogen-bond donors (Lipinski definition) is 1. The highest BCUT2D eigenvalue weighted by molar-refractivity contribution is 6.30. The summed E-state index contributed by atoms with van der Waals surface area (Å²) < 4.78 is 35.5. The van der Waals surface area contributed by atoms with Gasteiger partial charge in [-0.15, -0.1) is 0 Å².